The molecule has 1 aliphatic heterocycles. The molecule has 1 atom stereocenters. The van der Waals surface area contributed by atoms with Gasteiger partial charge in [-0.2, -0.15) is 5.10 Å². The van der Waals surface area contributed by atoms with Crippen LogP contribution in [0.25, 0.3) is 5.69 Å². The van der Waals surface area contributed by atoms with Gasteiger partial charge < -0.3 is 0 Å². The molecular formula is C21H23N3OS. The first-order chi connectivity index (χ1) is 12.7. The molecule has 0 unspecified atom stereocenters. The highest BCUT2D eigenvalue weighted by atomic mass is 32.1. The lowest BCUT2D eigenvalue weighted by atomic mass is 9.92. The molecule has 0 bridgehead atoms. The zero-order chi connectivity index (χ0) is 17.9. The van der Waals surface area contributed by atoms with E-state index in [9.17, 15) is 4.79 Å². The van der Waals surface area contributed by atoms with Crippen molar-refractivity contribution in [2.24, 2.45) is 5.92 Å². The maximum absolute atomic E-state index is 12.9. The third kappa shape index (κ3) is 3.64. The Labute approximate surface area is 158 Å². The van der Waals surface area contributed by atoms with Crippen LogP contribution in [0.1, 0.15) is 33.6 Å². The molecule has 0 amide bonds. The minimum Gasteiger partial charge on any atom is -0.298 e. The maximum Gasteiger partial charge on any atom is 0.177 e. The summed E-state index contributed by atoms with van der Waals surface area (Å²) in [6.45, 7) is 4.81. The van der Waals surface area contributed by atoms with Gasteiger partial charge in [-0.15, -0.1) is 11.3 Å². The van der Waals surface area contributed by atoms with Crippen molar-refractivity contribution in [1.82, 2.24) is 14.7 Å². The van der Waals surface area contributed by atoms with E-state index < -0.39 is 0 Å². The predicted molar refractivity (Wildman–Crippen MR) is 105 cm³/mol. The Hall–Kier alpha value is -2.24. The Kier molecular flexibility index (Phi) is 5.00. The van der Waals surface area contributed by atoms with Crippen LogP contribution in [0, 0.1) is 12.8 Å². The van der Waals surface area contributed by atoms with Gasteiger partial charge >= 0.3 is 0 Å². The normalized spacial score (nSPS) is 18.1. The summed E-state index contributed by atoms with van der Waals surface area (Å²) < 4.78 is 1.88. The summed E-state index contributed by atoms with van der Waals surface area (Å²) in [7, 11) is 0. The molecule has 0 N–H and O–H groups in total. The number of nitrogens with zero attached hydrogens (tertiary/aromatic N) is 3. The van der Waals surface area contributed by atoms with E-state index in [0.29, 0.717) is 5.78 Å². The van der Waals surface area contributed by atoms with E-state index in [-0.39, 0.29) is 5.92 Å². The number of hydrogen-bond acceptors (Lipinski definition) is 4. The molecule has 0 radical (unpaired) electrons. The van der Waals surface area contributed by atoms with E-state index in [1.54, 1.807) is 17.5 Å². The topological polar surface area (TPSA) is 38.1 Å². The molecule has 1 aromatic carbocycles. The molecule has 4 nitrogen and oxygen atoms in total. The fourth-order valence-corrected chi connectivity index (χ4v) is 4.65. The Morgan fingerprint density at radius 2 is 2.23 bits per heavy atom. The lowest BCUT2D eigenvalue weighted by Gasteiger charge is -2.32. The third-order valence-electron chi connectivity index (χ3n) is 5.05. The molecule has 134 valence electrons. The second-order valence-electron chi connectivity index (χ2n) is 6.99. The van der Waals surface area contributed by atoms with Crippen LogP contribution >= 0.6 is 11.3 Å². The first kappa shape index (κ1) is 17.2. The standard InChI is InChI=1S/C21H23N3OS/c1-16-8-12-26-21(16)20(25)18-6-3-10-23(15-18)14-17-5-2-7-19(13-17)24-11-4-9-22-24/h2,4-5,7-9,11-13,18H,3,6,10,14-15H2,1H3/t18-/m0/s1. The number of thiophene rings is 1. The van der Waals surface area contributed by atoms with Crippen molar-refractivity contribution in [2.45, 2.75) is 26.3 Å². The van der Waals surface area contributed by atoms with Gasteiger partial charge in [0.25, 0.3) is 0 Å². The van der Waals surface area contributed by atoms with Gasteiger partial charge in [-0.1, -0.05) is 12.1 Å². The van der Waals surface area contributed by atoms with Crippen molar-refractivity contribution in [3.63, 3.8) is 0 Å². The van der Waals surface area contributed by atoms with Gasteiger partial charge in [0.1, 0.15) is 0 Å². The van der Waals surface area contributed by atoms with E-state index in [0.717, 1.165) is 48.6 Å². The van der Waals surface area contributed by atoms with Gasteiger partial charge in [0.2, 0.25) is 0 Å². The third-order valence-corrected chi connectivity index (χ3v) is 6.08. The van der Waals surface area contributed by atoms with Crippen LogP contribution in [-0.4, -0.2) is 33.6 Å². The number of piperidine rings is 1. The molecule has 0 spiro atoms. The summed E-state index contributed by atoms with van der Waals surface area (Å²) in [5.74, 6) is 0.447. The number of carbonyl (C=O) groups excluding carboxylic acids is 1. The van der Waals surface area contributed by atoms with Gasteiger partial charge in [-0.05, 0) is 67.1 Å². The molecule has 0 aliphatic carbocycles. The minimum atomic E-state index is 0.121. The molecule has 3 heterocycles. The van der Waals surface area contributed by atoms with Gasteiger partial charge in [-0.3, -0.25) is 9.69 Å². The van der Waals surface area contributed by atoms with Crippen molar-refractivity contribution in [3.8, 4) is 5.69 Å². The summed E-state index contributed by atoms with van der Waals surface area (Å²) in [6, 6.07) is 12.5. The lowest BCUT2D eigenvalue weighted by Crippen LogP contribution is -2.38. The first-order valence-corrected chi connectivity index (χ1v) is 9.98. The van der Waals surface area contributed by atoms with Crippen LogP contribution in [0.15, 0.2) is 54.2 Å². The van der Waals surface area contributed by atoms with E-state index in [4.69, 9.17) is 0 Å². The number of Topliss-reactive ketones (excluding diaryl/α,β-unsaturated/α-hetero) is 1. The van der Waals surface area contributed by atoms with Crippen LogP contribution in [0.2, 0.25) is 0 Å². The molecule has 3 aromatic rings. The average Bonchev–Trinajstić information content (AvgIpc) is 3.33. The molecule has 1 saturated heterocycles. The van der Waals surface area contributed by atoms with Gasteiger partial charge in [0.05, 0.1) is 10.6 Å². The largest absolute Gasteiger partial charge is 0.298 e. The number of aromatic nitrogens is 2. The summed E-state index contributed by atoms with van der Waals surface area (Å²) >= 11 is 1.58. The summed E-state index contributed by atoms with van der Waals surface area (Å²) in [5.41, 5.74) is 3.45. The number of likely N-dealkylation sites (tertiary alicyclic amines) is 1. The SMILES string of the molecule is Cc1ccsc1C(=O)[C@H]1CCCN(Cc2cccc(-n3cccn3)c2)C1. The Bertz CT molecular complexity index is 884. The number of hydrogen-bond donors (Lipinski definition) is 0. The Balaban J connectivity index is 1.45. The van der Waals surface area contributed by atoms with Crippen molar-refractivity contribution < 1.29 is 4.79 Å². The number of rotatable bonds is 5. The number of aryl methyl sites for hydroxylation is 1. The Morgan fingerprint density at radius 1 is 1.31 bits per heavy atom. The average molecular weight is 366 g/mol. The van der Waals surface area contributed by atoms with E-state index in [1.165, 1.54) is 5.56 Å². The molecule has 5 heteroatoms. The highest BCUT2D eigenvalue weighted by Crippen LogP contribution is 2.26. The molecule has 2 aromatic heterocycles. The second-order valence-corrected chi connectivity index (χ2v) is 7.91. The molecule has 26 heavy (non-hydrogen) atoms. The van der Waals surface area contributed by atoms with Crippen LogP contribution in [0.4, 0.5) is 0 Å². The number of ketones is 1. The quantitative estimate of drug-likeness (QED) is 0.632. The highest BCUT2D eigenvalue weighted by molar-refractivity contribution is 7.12. The zero-order valence-corrected chi connectivity index (χ0v) is 15.8. The van der Waals surface area contributed by atoms with Crippen LogP contribution in [0.3, 0.4) is 0 Å². The highest BCUT2D eigenvalue weighted by Gasteiger charge is 2.28. The first-order valence-electron chi connectivity index (χ1n) is 9.10. The van der Waals surface area contributed by atoms with E-state index in [1.807, 2.05) is 35.3 Å². The molecule has 0 saturated carbocycles. The van der Waals surface area contributed by atoms with E-state index in [2.05, 4.69) is 34.3 Å². The minimum absolute atomic E-state index is 0.121. The zero-order valence-electron chi connectivity index (χ0n) is 15.0. The van der Waals surface area contributed by atoms with Crippen LogP contribution < -0.4 is 0 Å². The van der Waals surface area contributed by atoms with Gasteiger partial charge in [-0.25, -0.2) is 4.68 Å². The number of carbonyl (C=O) groups is 1. The fraction of sp³-hybridized carbons (Fsp3) is 0.333. The van der Waals surface area contributed by atoms with Crippen molar-refractivity contribution in [2.75, 3.05) is 13.1 Å². The van der Waals surface area contributed by atoms with Crippen molar-refractivity contribution in [3.05, 3.63) is 70.2 Å². The maximum atomic E-state index is 12.9. The molecular weight excluding hydrogens is 342 g/mol. The molecule has 1 fully saturated rings. The Morgan fingerprint density at radius 3 is 3.00 bits per heavy atom. The van der Waals surface area contributed by atoms with Gasteiger partial charge in [0, 0.05) is 31.4 Å². The van der Waals surface area contributed by atoms with Gasteiger partial charge in [0.15, 0.2) is 5.78 Å². The van der Waals surface area contributed by atoms with Crippen molar-refractivity contribution >= 4 is 17.1 Å². The fourth-order valence-electron chi connectivity index (χ4n) is 3.70. The smallest absolute Gasteiger partial charge is 0.177 e. The van der Waals surface area contributed by atoms with Crippen LogP contribution in [0.5, 0.6) is 0 Å². The summed E-state index contributed by atoms with van der Waals surface area (Å²) in [6.07, 6.45) is 5.83. The van der Waals surface area contributed by atoms with Crippen molar-refractivity contribution in [1.29, 1.82) is 0 Å². The summed E-state index contributed by atoms with van der Waals surface area (Å²) in [5, 5.41) is 6.32. The molecule has 4 rings (SSSR count). The van der Waals surface area contributed by atoms with Crippen LogP contribution in [-0.2, 0) is 6.54 Å². The van der Waals surface area contributed by atoms with E-state index >= 15 is 0 Å². The summed E-state index contributed by atoms with van der Waals surface area (Å²) in [4.78, 5) is 16.2. The monoisotopic (exact) mass is 365 g/mol. The molecule has 1 aliphatic rings. The second kappa shape index (κ2) is 7.56. The number of benzene rings is 1. The predicted octanol–water partition coefficient (Wildman–Crippen LogP) is 4.34. The lowest BCUT2D eigenvalue weighted by molar-refractivity contribution is 0.0815.